The first-order valence-electron chi connectivity index (χ1n) is 10.2. The molecule has 1 saturated heterocycles. The molecular weight excluding hydrogens is 380 g/mol. The maximum atomic E-state index is 5.85. The van der Waals surface area contributed by atoms with Crippen LogP contribution < -0.4 is 9.47 Å². The number of piperazine rings is 1. The van der Waals surface area contributed by atoms with Crippen molar-refractivity contribution in [3.8, 4) is 23.0 Å². The van der Waals surface area contributed by atoms with Crippen LogP contribution in [-0.2, 0) is 13.1 Å². The lowest BCUT2D eigenvalue weighted by molar-refractivity contribution is 0.114. The number of nitrogens with zero attached hydrogens (tertiary/aromatic N) is 4. The van der Waals surface area contributed by atoms with Crippen molar-refractivity contribution < 1.29 is 13.9 Å². The molecule has 1 aliphatic rings. The molecule has 2 heterocycles. The first-order valence-corrected chi connectivity index (χ1v) is 10.2. The maximum Gasteiger partial charge on any atom is 0.247 e. The van der Waals surface area contributed by atoms with Crippen molar-refractivity contribution >= 4 is 0 Å². The second kappa shape index (κ2) is 9.28. The van der Waals surface area contributed by atoms with E-state index in [0.717, 1.165) is 49.8 Å². The number of benzene rings is 2. The average molecular weight is 409 g/mol. The number of methoxy groups -OCH3 is 2. The van der Waals surface area contributed by atoms with Crippen LogP contribution in [0.3, 0.4) is 0 Å². The molecule has 0 saturated carbocycles. The van der Waals surface area contributed by atoms with E-state index in [1.807, 2.05) is 36.4 Å². The van der Waals surface area contributed by atoms with Crippen molar-refractivity contribution in [2.75, 3.05) is 40.4 Å². The average Bonchev–Trinajstić information content (AvgIpc) is 3.25. The summed E-state index contributed by atoms with van der Waals surface area (Å²) in [6, 6.07) is 14.0. The molecule has 0 bridgehead atoms. The van der Waals surface area contributed by atoms with E-state index in [9.17, 15) is 0 Å². The van der Waals surface area contributed by atoms with E-state index in [1.165, 1.54) is 11.1 Å². The Morgan fingerprint density at radius 2 is 1.50 bits per heavy atom. The standard InChI is InChI=1S/C23H28N4O3/c1-17-13-20(28-2)21(29-3)14-19(17)15-26-9-11-27(12-10-26)16-22-24-25-23(30-22)18-7-5-4-6-8-18/h4-8,13-14H,9-12,15-16H2,1-3H3. The zero-order valence-corrected chi connectivity index (χ0v) is 17.8. The first kappa shape index (κ1) is 20.4. The van der Waals surface area contributed by atoms with Crippen molar-refractivity contribution in [2.45, 2.75) is 20.0 Å². The van der Waals surface area contributed by atoms with Gasteiger partial charge in [-0.05, 0) is 42.3 Å². The molecule has 158 valence electrons. The van der Waals surface area contributed by atoms with Crippen molar-refractivity contribution in [3.63, 3.8) is 0 Å². The van der Waals surface area contributed by atoms with Gasteiger partial charge in [0.05, 0.1) is 20.8 Å². The molecule has 1 aliphatic heterocycles. The summed E-state index contributed by atoms with van der Waals surface area (Å²) < 4.78 is 16.7. The Bertz CT molecular complexity index is 966. The summed E-state index contributed by atoms with van der Waals surface area (Å²) in [5.41, 5.74) is 3.44. The number of hydrogen-bond donors (Lipinski definition) is 0. The third kappa shape index (κ3) is 4.63. The van der Waals surface area contributed by atoms with E-state index in [0.29, 0.717) is 18.3 Å². The van der Waals surface area contributed by atoms with Gasteiger partial charge in [-0.15, -0.1) is 10.2 Å². The summed E-state index contributed by atoms with van der Waals surface area (Å²) in [4.78, 5) is 4.83. The van der Waals surface area contributed by atoms with Crippen LogP contribution in [0.25, 0.3) is 11.5 Å². The van der Waals surface area contributed by atoms with Crippen LogP contribution in [0.15, 0.2) is 46.9 Å². The molecule has 0 unspecified atom stereocenters. The van der Waals surface area contributed by atoms with Gasteiger partial charge in [0.15, 0.2) is 11.5 Å². The van der Waals surface area contributed by atoms with Gasteiger partial charge in [-0.25, -0.2) is 0 Å². The maximum absolute atomic E-state index is 5.85. The highest BCUT2D eigenvalue weighted by Crippen LogP contribution is 2.31. The Labute approximate surface area is 177 Å². The molecule has 0 amide bonds. The molecule has 0 aliphatic carbocycles. The fourth-order valence-electron chi connectivity index (χ4n) is 3.75. The third-order valence-electron chi connectivity index (χ3n) is 5.55. The molecular formula is C23H28N4O3. The second-order valence-electron chi connectivity index (χ2n) is 7.55. The Morgan fingerprint density at radius 3 is 2.17 bits per heavy atom. The molecule has 3 aromatic rings. The van der Waals surface area contributed by atoms with Crippen LogP contribution in [0.4, 0.5) is 0 Å². The van der Waals surface area contributed by atoms with Gasteiger partial charge >= 0.3 is 0 Å². The van der Waals surface area contributed by atoms with Crippen LogP contribution in [-0.4, -0.2) is 60.4 Å². The Balaban J connectivity index is 1.32. The normalized spacial score (nSPS) is 15.3. The molecule has 7 nitrogen and oxygen atoms in total. The minimum atomic E-state index is 0.577. The molecule has 30 heavy (non-hydrogen) atoms. The van der Waals surface area contributed by atoms with Crippen LogP contribution in [0.5, 0.6) is 11.5 Å². The third-order valence-corrected chi connectivity index (χ3v) is 5.55. The molecule has 4 rings (SSSR count). The Kier molecular flexibility index (Phi) is 6.30. The fourth-order valence-corrected chi connectivity index (χ4v) is 3.75. The van der Waals surface area contributed by atoms with Gasteiger partial charge in [0.2, 0.25) is 11.8 Å². The van der Waals surface area contributed by atoms with E-state index < -0.39 is 0 Å². The van der Waals surface area contributed by atoms with Gasteiger partial charge in [0.25, 0.3) is 0 Å². The molecule has 7 heteroatoms. The van der Waals surface area contributed by atoms with E-state index in [2.05, 4.69) is 33.0 Å². The highest BCUT2D eigenvalue weighted by molar-refractivity contribution is 5.51. The molecule has 0 N–H and O–H groups in total. The minimum absolute atomic E-state index is 0.577. The molecule has 0 spiro atoms. The monoisotopic (exact) mass is 408 g/mol. The highest BCUT2D eigenvalue weighted by Gasteiger charge is 2.20. The largest absolute Gasteiger partial charge is 0.493 e. The number of hydrogen-bond acceptors (Lipinski definition) is 7. The van der Waals surface area contributed by atoms with E-state index in [-0.39, 0.29) is 0 Å². The molecule has 2 aromatic carbocycles. The SMILES string of the molecule is COc1cc(C)c(CN2CCN(Cc3nnc(-c4ccccc4)o3)CC2)cc1OC. The summed E-state index contributed by atoms with van der Waals surface area (Å²) in [5, 5.41) is 8.41. The number of rotatable bonds is 7. The van der Waals surface area contributed by atoms with Crippen LogP contribution >= 0.6 is 0 Å². The molecule has 0 atom stereocenters. The van der Waals surface area contributed by atoms with Crippen LogP contribution in [0.2, 0.25) is 0 Å². The van der Waals surface area contributed by atoms with Gasteiger partial charge < -0.3 is 13.9 Å². The van der Waals surface area contributed by atoms with Gasteiger partial charge in [0.1, 0.15) is 0 Å². The zero-order valence-electron chi connectivity index (χ0n) is 17.8. The van der Waals surface area contributed by atoms with Crippen LogP contribution in [0.1, 0.15) is 17.0 Å². The van der Waals surface area contributed by atoms with Crippen molar-refractivity contribution in [3.05, 3.63) is 59.5 Å². The molecule has 1 fully saturated rings. The van der Waals surface area contributed by atoms with Crippen molar-refractivity contribution in [1.82, 2.24) is 20.0 Å². The smallest absolute Gasteiger partial charge is 0.247 e. The summed E-state index contributed by atoms with van der Waals surface area (Å²) in [5.74, 6) is 2.80. The fraction of sp³-hybridized carbons (Fsp3) is 0.391. The Morgan fingerprint density at radius 1 is 0.867 bits per heavy atom. The molecule has 0 radical (unpaired) electrons. The summed E-state index contributed by atoms with van der Waals surface area (Å²) >= 11 is 0. The number of ether oxygens (including phenoxy) is 2. The number of aryl methyl sites for hydroxylation is 1. The number of aromatic nitrogens is 2. The summed E-state index contributed by atoms with van der Waals surface area (Å²) in [6.45, 7) is 7.63. The summed E-state index contributed by atoms with van der Waals surface area (Å²) in [7, 11) is 3.35. The van der Waals surface area contributed by atoms with Gasteiger partial charge in [0, 0.05) is 38.3 Å². The van der Waals surface area contributed by atoms with Crippen molar-refractivity contribution in [2.24, 2.45) is 0 Å². The first-order chi connectivity index (χ1) is 14.7. The Hall–Kier alpha value is -2.90. The van der Waals surface area contributed by atoms with Gasteiger partial charge in [-0.3, -0.25) is 9.80 Å². The topological polar surface area (TPSA) is 63.9 Å². The van der Waals surface area contributed by atoms with E-state index in [4.69, 9.17) is 13.9 Å². The lowest BCUT2D eigenvalue weighted by Crippen LogP contribution is -2.45. The second-order valence-corrected chi connectivity index (χ2v) is 7.55. The predicted molar refractivity (Wildman–Crippen MR) is 115 cm³/mol. The van der Waals surface area contributed by atoms with Gasteiger partial charge in [-0.2, -0.15) is 0 Å². The lowest BCUT2D eigenvalue weighted by Gasteiger charge is -2.34. The predicted octanol–water partition coefficient (Wildman–Crippen LogP) is 3.38. The summed E-state index contributed by atoms with van der Waals surface area (Å²) in [6.07, 6.45) is 0. The minimum Gasteiger partial charge on any atom is -0.493 e. The lowest BCUT2D eigenvalue weighted by atomic mass is 10.1. The van der Waals surface area contributed by atoms with E-state index in [1.54, 1.807) is 14.2 Å². The quantitative estimate of drug-likeness (QED) is 0.594. The zero-order chi connectivity index (χ0) is 20.9. The van der Waals surface area contributed by atoms with Crippen LogP contribution in [0, 0.1) is 6.92 Å². The van der Waals surface area contributed by atoms with Crippen molar-refractivity contribution in [1.29, 1.82) is 0 Å². The van der Waals surface area contributed by atoms with E-state index >= 15 is 0 Å². The molecule has 1 aromatic heterocycles. The highest BCUT2D eigenvalue weighted by atomic mass is 16.5. The van der Waals surface area contributed by atoms with Gasteiger partial charge in [-0.1, -0.05) is 18.2 Å².